The van der Waals surface area contributed by atoms with Crippen molar-refractivity contribution in [1.29, 1.82) is 0 Å². The summed E-state index contributed by atoms with van der Waals surface area (Å²) in [7, 11) is -1.38. The Bertz CT molecular complexity index is 840. The van der Waals surface area contributed by atoms with Crippen LogP contribution >= 0.6 is 0 Å². The van der Waals surface area contributed by atoms with Crippen LogP contribution in [0.5, 0.6) is 0 Å². The first-order valence-corrected chi connectivity index (χ1v) is 10.5. The number of benzene rings is 2. The highest BCUT2D eigenvalue weighted by atomic mass is 16.4. The molecule has 1 saturated heterocycles. The Morgan fingerprint density at radius 2 is 1.86 bits per heavy atom. The van der Waals surface area contributed by atoms with E-state index in [1.807, 2.05) is 18.2 Å². The van der Waals surface area contributed by atoms with E-state index in [0.717, 1.165) is 49.2 Å². The number of nitrogens with one attached hydrogen (secondary N) is 1. The third kappa shape index (κ3) is 4.34. The standard InChI is InChI=1S/C22H30BN3O3/c24-14-15-3-1-4-17(13-15)16-9-11-26(12-10-16)22(27)19-5-2-6-20-18(19)7-8-21(25-20)23(28)29/h1-6,13,16,21-22,25,27-29H,7-12,14,24H2. The highest BCUT2D eigenvalue weighted by Gasteiger charge is 2.31. The SMILES string of the molecule is NCc1cccc(C2CCN(C(O)c3cccc4c3CCC(B(O)O)N4)CC2)c1. The molecule has 2 unspecified atom stereocenters. The molecule has 7 heteroatoms. The molecule has 0 amide bonds. The summed E-state index contributed by atoms with van der Waals surface area (Å²) in [5.41, 5.74) is 11.2. The Morgan fingerprint density at radius 3 is 2.59 bits per heavy atom. The largest absolute Gasteiger partial charge is 0.475 e. The normalized spacial score (nSPS) is 21.3. The monoisotopic (exact) mass is 395 g/mol. The molecule has 4 rings (SSSR count). The predicted octanol–water partition coefficient (Wildman–Crippen LogP) is 1.75. The molecule has 6 N–H and O–H groups in total. The van der Waals surface area contributed by atoms with Crippen molar-refractivity contribution in [3.8, 4) is 0 Å². The molecule has 0 radical (unpaired) electrons. The van der Waals surface area contributed by atoms with Gasteiger partial charge in [-0.25, -0.2) is 0 Å². The number of hydrogen-bond donors (Lipinski definition) is 5. The Morgan fingerprint density at radius 1 is 1.10 bits per heavy atom. The summed E-state index contributed by atoms with van der Waals surface area (Å²) in [6, 6.07) is 14.4. The summed E-state index contributed by atoms with van der Waals surface area (Å²) >= 11 is 0. The van der Waals surface area contributed by atoms with Crippen LogP contribution in [-0.4, -0.2) is 46.2 Å². The summed E-state index contributed by atoms with van der Waals surface area (Å²) in [6.07, 6.45) is 2.74. The van der Waals surface area contributed by atoms with Gasteiger partial charge in [0.1, 0.15) is 6.23 Å². The third-order valence-corrected chi connectivity index (χ3v) is 6.43. The quantitative estimate of drug-likeness (QED) is 0.495. The van der Waals surface area contributed by atoms with Crippen LogP contribution in [0.2, 0.25) is 0 Å². The Kier molecular flexibility index (Phi) is 6.22. The molecular weight excluding hydrogens is 365 g/mol. The molecule has 0 spiro atoms. The second-order valence-corrected chi connectivity index (χ2v) is 8.21. The minimum atomic E-state index is -1.38. The maximum Gasteiger partial charge on any atom is 0.475 e. The summed E-state index contributed by atoms with van der Waals surface area (Å²) in [6.45, 7) is 2.24. The summed E-state index contributed by atoms with van der Waals surface area (Å²) in [5.74, 6) is 0.137. The van der Waals surface area contributed by atoms with Crippen LogP contribution in [-0.2, 0) is 13.0 Å². The fraction of sp³-hybridized carbons (Fsp3) is 0.455. The highest BCUT2D eigenvalue weighted by Crippen LogP contribution is 2.36. The number of nitrogens with zero attached hydrogens (tertiary/aromatic N) is 1. The molecule has 0 aliphatic carbocycles. The van der Waals surface area contributed by atoms with Gasteiger partial charge in [0.15, 0.2) is 0 Å². The van der Waals surface area contributed by atoms with Gasteiger partial charge in [0.05, 0.1) is 5.94 Å². The summed E-state index contributed by atoms with van der Waals surface area (Å²) in [4.78, 5) is 2.14. The molecule has 0 bridgehead atoms. The lowest BCUT2D eigenvalue weighted by Crippen LogP contribution is -2.41. The van der Waals surface area contributed by atoms with Crippen molar-refractivity contribution in [2.75, 3.05) is 18.4 Å². The van der Waals surface area contributed by atoms with Crippen molar-refractivity contribution in [2.45, 2.75) is 50.3 Å². The van der Waals surface area contributed by atoms with Crippen molar-refractivity contribution < 1.29 is 15.2 Å². The third-order valence-electron chi connectivity index (χ3n) is 6.43. The van der Waals surface area contributed by atoms with E-state index in [0.29, 0.717) is 18.9 Å². The molecule has 2 heterocycles. The van der Waals surface area contributed by atoms with E-state index in [-0.39, 0.29) is 5.94 Å². The number of rotatable bonds is 5. The number of nitrogens with two attached hydrogens (primary N) is 1. The number of aliphatic hydroxyl groups excluding tert-OH is 1. The van der Waals surface area contributed by atoms with E-state index >= 15 is 0 Å². The average Bonchev–Trinajstić information content (AvgIpc) is 2.78. The molecule has 1 fully saturated rings. The Hall–Kier alpha value is -1.90. The molecule has 2 aromatic rings. The number of likely N-dealkylation sites (tertiary alicyclic amines) is 1. The fourth-order valence-corrected chi connectivity index (χ4v) is 4.70. The first kappa shape index (κ1) is 20.4. The first-order valence-electron chi connectivity index (χ1n) is 10.5. The van der Waals surface area contributed by atoms with Gasteiger partial charge >= 0.3 is 7.12 Å². The predicted molar refractivity (Wildman–Crippen MR) is 115 cm³/mol. The summed E-state index contributed by atoms with van der Waals surface area (Å²) in [5, 5.41) is 33.2. The summed E-state index contributed by atoms with van der Waals surface area (Å²) < 4.78 is 0. The van der Waals surface area contributed by atoms with Crippen molar-refractivity contribution in [3.05, 3.63) is 64.7 Å². The van der Waals surface area contributed by atoms with E-state index in [9.17, 15) is 15.2 Å². The molecule has 0 aromatic heterocycles. The van der Waals surface area contributed by atoms with Crippen LogP contribution in [0.25, 0.3) is 0 Å². The van der Waals surface area contributed by atoms with E-state index in [4.69, 9.17) is 5.73 Å². The Labute approximate surface area is 172 Å². The number of piperidine rings is 1. The molecule has 29 heavy (non-hydrogen) atoms. The smallest absolute Gasteiger partial charge is 0.426 e. The zero-order valence-corrected chi connectivity index (χ0v) is 16.7. The molecule has 2 aromatic carbocycles. The minimum absolute atomic E-state index is 0.366. The van der Waals surface area contributed by atoms with Crippen LogP contribution in [0.4, 0.5) is 5.69 Å². The van der Waals surface area contributed by atoms with Crippen molar-refractivity contribution in [2.24, 2.45) is 5.73 Å². The van der Waals surface area contributed by atoms with E-state index in [1.165, 1.54) is 11.1 Å². The van der Waals surface area contributed by atoms with Crippen molar-refractivity contribution in [3.63, 3.8) is 0 Å². The number of fused-ring (bicyclic) bond motifs is 1. The molecule has 2 aliphatic heterocycles. The maximum absolute atomic E-state index is 11.1. The van der Waals surface area contributed by atoms with E-state index in [1.54, 1.807) is 0 Å². The van der Waals surface area contributed by atoms with Gasteiger partial charge in [-0.1, -0.05) is 36.4 Å². The lowest BCUT2D eigenvalue weighted by Gasteiger charge is -2.37. The van der Waals surface area contributed by atoms with Crippen LogP contribution in [0.15, 0.2) is 42.5 Å². The lowest BCUT2D eigenvalue weighted by atomic mass is 9.73. The van der Waals surface area contributed by atoms with Crippen LogP contribution in [0, 0.1) is 0 Å². The maximum atomic E-state index is 11.1. The number of aliphatic hydroxyl groups is 1. The zero-order chi connectivity index (χ0) is 20.4. The Balaban J connectivity index is 1.44. The zero-order valence-electron chi connectivity index (χ0n) is 16.7. The number of hydrogen-bond acceptors (Lipinski definition) is 6. The van der Waals surface area contributed by atoms with Crippen LogP contribution in [0.3, 0.4) is 0 Å². The van der Waals surface area contributed by atoms with Crippen molar-refractivity contribution >= 4 is 12.8 Å². The second-order valence-electron chi connectivity index (χ2n) is 8.21. The van der Waals surface area contributed by atoms with Gasteiger partial charge in [-0.15, -0.1) is 0 Å². The molecule has 0 saturated carbocycles. The van der Waals surface area contributed by atoms with Gasteiger partial charge in [0.2, 0.25) is 0 Å². The van der Waals surface area contributed by atoms with Gasteiger partial charge in [-0.05, 0) is 54.4 Å². The molecule has 2 atom stereocenters. The second kappa shape index (κ2) is 8.85. The van der Waals surface area contributed by atoms with Gasteiger partial charge in [0, 0.05) is 30.9 Å². The van der Waals surface area contributed by atoms with Gasteiger partial charge < -0.3 is 26.2 Å². The van der Waals surface area contributed by atoms with Crippen LogP contribution < -0.4 is 11.1 Å². The fourth-order valence-electron chi connectivity index (χ4n) is 4.70. The molecule has 2 aliphatic rings. The topological polar surface area (TPSA) is 102 Å². The van der Waals surface area contributed by atoms with E-state index in [2.05, 4.69) is 34.5 Å². The highest BCUT2D eigenvalue weighted by molar-refractivity contribution is 6.44. The lowest BCUT2D eigenvalue weighted by molar-refractivity contribution is -0.0137. The van der Waals surface area contributed by atoms with Gasteiger partial charge in [0.25, 0.3) is 0 Å². The molecule has 154 valence electrons. The minimum Gasteiger partial charge on any atom is -0.426 e. The number of anilines is 1. The molecular formula is C22H30BN3O3. The van der Waals surface area contributed by atoms with Gasteiger partial charge in [-0.3, -0.25) is 4.90 Å². The molecule has 6 nitrogen and oxygen atoms in total. The van der Waals surface area contributed by atoms with Gasteiger partial charge in [-0.2, -0.15) is 0 Å². The van der Waals surface area contributed by atoms with Crippen molar-refractivity contribution in [1.82, 2.24) is 4.90 Å². The van der Waals surface area contributed by atoms with Crippen LogP contribution in [0.1, 0.15) is 53.7 Å². The average molecular weight is 395 g/mol. The first-order chi connectivity index (χ1) is 14.1. The van der Waals surface area contributed by atoms with E-state index < -0.39 is 13.3 Å².